The second-order valence-corrected chi connectivity index (χ2v) is 4.27. The molecule has 82 valence electrons. The molecule has 0 radical (unpaired) electrons. The molecule has 0 aliphatic rings. The summed E-state index contributed by atoms with van der Waals surface area (Å²) in [6.45, 7) is 0. The summed E-state index contributed by atoms with van der Waals surface area (Å²) >= 11 is 0. The van der Waals surface area contributed by atoms with Crippen LogP contribution >= 0.6 is 0 Å². The number of carboxylic acids is 1. The minimum absolute atomic E-state index is 0.0472. The number of sulfonamides is 1. The van der Waals surface area contributed by atoms with Crippen LogP contribution in [0.2, 0.25) is 0 Å². The number of primary sulfonamides is 1. The fourth-order valence-corrected chi connectivity index (χ4v) is 1.55. The first-order chi connectivity index (χ1) is 6.86. The van der Waals surface area contributed by atoms with Gasteiger partial charge in [0.1, 0.15) is 11.3 Å². The summed E-state index contributed by atoms with van der Waals surface area (Å²) in [6, 6.07) is 3.31. The number of nitrogens with two attached hydrogens (primary N) is 1. The van der Waals surface area contributed by atoms with Crippen molar-refractivity contribution >= 4 is 16.0 Å². The van der Waals surface area contributed by atoms with Crippen molar-refractivity contribution in [2.75, 3.05) is 7.11 Å². The van der Waals surface area contributed by atoms with E-state index in [1.807, 2.05) is 0 Å². The second kappa shape index (κ2) is 3.87. The number of carboxylic acid groups (broad SMARTS) is 1. The molecule has 0 unspecified atom stereocenters. The van der Waals surface area contributed by atoms with E-state index in [0.29, 0.717) is 0 Å². The van der Waals surface area contributed by atoms with Gasteiger partial charge in [-0.05, 0) is 12.1 Å². The molecule has 0 aliphatic heterocycles. The number of methoxy groups -OCH3 is 1. The fourth-order valence-electron chi connectivity index (χ4n) is 1.03. The summed E-state index contributed by atoms with van der Waals surface area (Å²) in [4.78, 5) is 10.5. The van der Waals surface area contributed by atoms with Crippen LogP contribution in [0.1, 0.15) is 10.4 Å². The molecule has 1 rings (SSSR count). The third kappa shape index (κ3) is 2.45. The standard InChI is InChI=1S/C8H9NO5S/c1-14-7-4-5(15(9,12)13)2-3-6(7)8(10)11/h2-4H,1H3,(H,10,11)(H2,9,12,13). The van der Waals surface area contributed by atoms with Gasteiger partial charge in [0, 0.05) is 6.07 Å². The van der Waals surface area contributed by atoms with E-state index in [4.69, 9.17) is 15.0 Å². The summed E-state index contributed by atoms with van der Waals surface area (Å²) in [5.74, 6) is -1.25. The number of hydrogen-bond acceptors (Lipinski definition) is 4. The van der Waals surface area contributed by atoms with E-state index in [1.54, 1.807) is 0 Å². The maximum atomic E-state index is 11.0. The molecule has 0 amide bonds. The summed E-state index contributed by atoms with van der Waals surface area (Å²) in [5.41, 5.74) is -0.120. The lowest BCUT2D eigenvalue weighted by atomic mass is 10.2. The van der Waals surface area contributed by atoms with E-state index in [1.165, 1.54) is 7.11 Å². The van der Waals surface area contributed by atoms with Crippen LogP contribution in [-0.2, 0) is 10.0 Å². The van der Waals surface area contributed by atoms with Crippen LogP contribution in [0.15, 0.2) is 23.1 Å². The summed E-state index contributed by atoms with van der Waals surface area (Å²) in [5, 5.41) is 13.6. The van der Waals surface area contributed by atoms with Gasteiger partial charge >= 0.3 is 5.97 Å². The number of aromatic carboxylic acids is 1. The Bertz CT molecular complexity index is 494. The molecular formula is C8H9NO5S. The van der Waals surface area contributed by atoms with Crippen LogP contribution in [0.4, 0.5) is 0 Å². The van der Waals surface area contributed by atoms with Gasteiger partial charge < -0.3 is 9.84 Å². The molecule has 0 spiro atoms. The van der Waals surface area contributed by atoms with Gasteiger partial charge in [0.05, 0.1) is 12.0 Å². The van der Waals surface area contributed by atoms with E-state index in [9.17, 15) is 13.2 Å². The quantitative estimate of drug-likeness (QED) is 0.763. The van der Waals surface area contributed by atoms with Crippen molar-refractivity contribution in [2.24, 2.45) is 5.14 Å². The molecule has 3 N–H and O–H groups in total. The van der Waals surface area contributed by atoms with E-state index < -0.39 is 16.0 Å². The number of ether oxygens (including phenoxy) is 1. The Balaban J connectivity index is 3.38. The molecule has 0 fully saturated rings. The monoisotopic (exact) mass is 231 g/mol. The molecule has 0 bridgehead atoms. The van der Waals surface area contributed by atoms with Crippen molar-refractivity contribution < 1.29 is 23.1 Å². The van der Waals surface area contributed by atoms with Crippen molar-refractivity contribution in [3.8, 4) is 5.75 Å². The molecule has 0 saturated carbocycles. The molecule has 1 aromatic rings. The molecule has 0 saturated heterocycles. The Morgan fingerprint density at radius 3 is 2.47 bits per heavy atom. The van der Waals surface area contributed by atoms with E-state index >= 15 is 0 Å². The Morgan fingerprint density at radius 2 is 2.07 bits per heavy atom. The number of rotatable bonds is 3. The zero-order chi connectivity index (χ0) is 11.6. The lowest BCUT2D eigenvalue weighted by molar-refractivity contribution is 0.0693. The highest BCUT2D eigenvalue weighted by Crippen LogP contribution is 2.22. The zero-order valence-corrected chi connectivity index (χ0v) is 8.61. The highest BCUT2D eigenvalue weighted by Gasteiger charge is 2.15. The molecular weight excluding hydrogens is 222 g/mol. The van der Waals surface area contributed by atoms with Crippen LogP contribution in [0.25, 0.3) is 0 Å². The summed E-state index contributed by atoms with van der Waals surface area (Å²) in [7, 11) is -2.61. The predicted octanol–water partition coefficient (Wildman–Crippen LogP) is 0.0408. The van der Waals surface area contributed by atoms with Gasteiger partial charge in [0.2, 0.25) is 10.0 Å². The van der Waals surface area contributed by atoms with E-state index in [-0.39, 0.29) is 16.2 Å². The average molecular weight is 231 g/mol. The first-order valence-electron chi connectivity index (χ1n) is 3.80. The summed E-state index contributed by atoms with van der Waals surface area (Å²) in [6.07, 6.45) is 0. The Labute approximate surface area is 86.3 Å². The topological polar surface area (TPSA) is 107 Å². The molecule has 0 atom stereocenters. The zero-order valence-electron chi connectivity index (χ0n) is 7.80. The van der Waals surface area contributed by atoms with Gasteiger partial charge in [0.25, 0.3) is 0 Å². The molecule has 0 aliphatic carbocycles. The average Bonchev–Trinajstić information content (AvgIpc) is 2.15. The predicted molar refractivity (Wildman–Crippen MR) is 51.3 cm³/mol. The number of hydrogen-bond donors (Lipinski definition) is 2. The molecule has 0 heterocycles. The minimum Gasteiger partial charge on any atom is -0.496 e. The van der Waals surface area contributed by atoms with E-state index in [0.717, 1.165) is 18.2 Å². The molecule has 6 nitrogen and oxygen atoms in total. The van der Waals surface area contributed by atoms with Gasteiger partial charge in [-0.2, -0.15) is 0 Å². The minimum atomic E-state index is -3.85. The smallest absolute Gasteiger partial charge is 0.339 e. The maximum Gasteiger partial charge on any atom is 0.339 e. The van der Waals surface area contributed by atoms with Crippen LogP contribution < -0.4 is 9.88 Å². The van der Waals surface area contributed by atoms with Gasteiger partial charge in [-0.25, -0.2) is 18.4 Å². The first kappa shape index (κ1) is 11.5. The highest BCUT2D eigenvalue weighted by atomic mass is 32.2. The van der Waals surface area contributed by atoms with Gasteiger partial charge in [-0.3, -0.25) is 0 Å². The van der Waals surface area contributed by atoms with Gasteiger partial charge in [0.15, 0.2) is 0 Å². The van der Waals surface area contributed by atoms with Crippen LogP contribution in [0, 0.1) is 0 Å². The summed E-state index contributed by atoms with van der Waals surface area (Å²) < 4.78 is 26.7. The second-order valence-electron chi connectivity index (χ2n) is 2.71. The molecule has 15 heavy (non-hydrogen) atoms. The SMILES string of the molecule is COc1cc(S(N)(=O)=O)ccc1C(=O)O. The van der Waals surface area contributed by atoms with Gasteiger partial charge in [-0.1, -0.05) is 0 Å². The Hall–Kier alpha value is -1.60. The number of benzene rings is 1. The third-order valence-electron chi connectivity index (χ3n) is 1.73. The van der Waals surface area contributed by atoms with Crippen LogP contribution in [0.3, 0.4) is 0 Å². The van der Waals surface area contributed by atoms with Crippen molar-refractivity contribution in [1.82, 2.24) is 0 Å². The third-order valence-corrected chi connectivity index (χ3v) is 2.64. The number of carbonyl (C=O) groups is 1. The van der Waals surface area contributed by atoms with Crippen molar-refractivity contribution in [2.45, 2.75) is 4.90 Å². The normalized spacial score (nSPS) is 11.1. The van der Waals surface area contributed by atoms with Crippen molar-refractivity contribution in [3.05, 3.63) is 23.8 Å². The largest absolute Gasteiger partial charge is 0.496 e. The van der Waals surface area contributed by atoms with Crippen LogP contribution in [-0.4, -0.2) is 26.6 Å². The van der Waals surface area contributed by atoms with Crippen LogP contribution in [0.5, 0.6) is 5.75 Å². The molecule has 7 heteroatoms. The first-order valence-corrected chi connectivity index (χ1v) is 5.35. The van der Waals surface area contributed by atoms with E-state index in [2.05, 4.69) is 0 Å². The lowest BCUT2D eigenvalue weighted by Gasteiger charge is -2.06. The van der Waals surface area contributed by atoms with Crippen molar-refractivity contribution in [1.29, 1.82) is 0 Å². The fraction of sp³-hybridized carbons (Fsp3) is 0.125. The Morgan fingerprint density at radius 1 is 1.47 bits per heavy atom. The maximum absolute atomic E-state index is 11.0. The lowest BCUT2D eigenvalue weighted by Crippen LogP contribution is -2.13. The molecule has 0 aromatic heterocycles. The molecule has 1 aromatic carbocycles. The highest BCUT2D eigenvalue weighted by molar-refractivity contribution is 7.89. The van der Waals surface area contributed by atoms with Gasteiger partial charge in [-0.15, -0.1) is 0 Å². The van der Waals surface area contributed by atoms with Crippen molar-refractivity contribution in [3.63, 3.8) is 0 Å². The Kier molecular flexibility index (Phi) is 2.96.